The van der Waals surface area contributed by atoms with E-state index >= 15 is 0 Å². The first-order valence-electron chi connectivity index (χ1n) is 8.01. The van der Waals surface area contributed by atoms with Gasteiger partial charge in [-0.25, -0.2) is 18.7 Å². The van der Waals surface area contributed by atoms with Crippen LogP contribution in [0.2, 0.25) is 0 Å². The second-order valence-electron chi connectivity index (χ2n) is 6.22. The molecule has 1 aliphatic heterocycles. The minimum Gasteiger partial charge on any atom is -0.497 e. The van der Waals surface area contributed by atoms with Crippen molar-refractivity contribution < 1.29 is 27.9 Å². The number of sulfone groups is 1. The minimum absolute atomic E-state index is 0.0389. The number of carbonyl (C=O) groups excluding carboxylic acids is 1. The van der Waals surface area contributed by atoms with Crippen molar-refractivity contribution in [3.8, 4) is 5.75 Å². The Bertz CT molecular complexity index is 694. The molecule has 1 saturated heterocycles. The highest BCUT2D eigenvalue weighted by atomic mass is 32.2. The molecule has 0 aliphatic carbocycles. The maximum absolute atomic E-state index is 13.2. The molecule has 1 amide bonds. The number of hydrogen-bond acceptors (Lipinski definition) is 7. The van der Waals surface area contributed by atoms with Gasteiger partial charge in [0.15, 0.2) is 0 Å². The molecule has 1 aliphatic rings. The zero-order chi connectivity index (χ0) is 18.7. The van der Waals surface area contributed by atoms with Gasteiger partial charge in [-0.05, 0) is 38.1 Å². The van der Waals surface area contributed by atoms with Gasteiger partial charge >= 0.3 is 6.09 Å². The Balaban J connectivity index is 2.38. The lowest BCUT2D eigenvalue weighted by Gasteiger charge is -2.41. The van der Waals surface area contributed by atoms with Gasteiger partial charge in [-0.1, -0.05) is 0 Å². The van der Waals surface area contributed by atoms with Gasteiger partial charge in [-0.2, -0.15) is 0 Å². The summed E-state index contributed by atoms with van der Waals surface area (Å²) in [5.74, 6) is 0.525. The van der Waals surface area contributed by atoms with Gasteiger partial charge in [0.2, 0.25) is 14.8 Å². The molecule has 1 fully saturated rings. The second-order valence-corrected chi connectivity index (χ2v) is 8.44. The standard InChI is InChI=1S/C16H24N2O6S/c1-12(2)18-10-8-16(9-11-18,24-15(19)17-20)25(21,22)14-6-4-13(23-3)5-7-14/h4-7,12,20H,8-11H2,1-3H3,(H,17,19). The Labute approximate surface area is 147 Å². The van der Waals surface area contributed by atoms with Crippen LogP contribution in [-0.4, -0.2) is 55.8 Å². The third-order valence-corrected chi connectivity index (χ3v) is 6.88. The van der Waals surface area contributed by atoms with Crippen molar-refractivity contribution >= 4 is 15.9 Å². The van der Waals surface area contributed by atoms with Crippen molar-refractivity contribution in [2.45, 2.75) is 42.6 Å². The predicted octanol–water partition coefficient (Wildman–Crippen LogP) is 1.78. The van der Waals surface area contributed by atoms with E-state index in [1.165, 1.54) is 36.9 Å². The summed E-state index contributed by atoms with van der Waals surface area (Å²) in [5.41, 5.74) is 1.35. The Hall–Kier alpha value is -1.84. The number of methoxy groups -OCH3 is 1. The van der Waals surface area contributed by atoms with Crippen molar-refractivity contribution in [3.63, 3.8) is 0 Å². The minimum atomic E-state index is -3.98. The summed E-state index contributed by atoms with van der Waals surface area (Å²) in [5, 5.41) is 8.78. The van der Waals surface area contributed by atoms with Crippen molar-refractivity contribution in [3.05, 3.63) is 24.3 Å². The Morgan fingerprint density at radius 1 is 1.24 bits per heavy atom. The van der Waals surface area contributed by atoms with Gasteiger partial charge in [0.25, 0.3) is 0 Å². The van der Waals surface area contributed by atoms with Crippen molar-refractivity contribution in [2.24, 2.45) is 0 Å². The molecule has 140 valence electrons. The predicted molar refractivity (Wildman–Crippen MR) is 90.3 cm³/mol. The molecule has 0 spiro atoms. The average molecular weight is 372 g/mol. The fourth-order valence-electron chi connectivity index (χ4n) is 2.97. The molecule has 0 radical (unpaired) electrons. The van der Waals surface area contributed by atoms with Crippen molar-refractivity contribution in [1.82, 2.24) is 10.4 Å². The number of benzene rings is 1. The zero-order valence-corrected chi connectivity index (χ0v) is 15.4. The maximum Gasteiger partial charge on any atom is 0.432 e. The molecule has 2 rings (SSSR count). The van der Waals surface area contributed by atoms with Crippen LogP contribution in [0.15, 0.2) is 29.2 Å². The Kier molecular flexibility index (Phi) is 5.91. The van der Waals surface area contributed by atoms with Crippen LogP contribution in [0.25, 0.3) is 0 Å². The van der Waals surface area contributed by atoms with Gasteiger partial charge < -0.3 is 14.4 Å². The molecule has 0 aromatic heterocycles. The Morgan fingerprint density at radius 3 is 2.24 bits per heavy atom. The first-order chi connectivity index (χ1) is 11.8. The third-order valence-electron chi connectivity index (χ3n) is 4.52. The zero-order valence-electron chi connectivity index (χ0n) is 14.6. The average Bonchev–Trinajstić information content (AvgIpc) is 2.61. The summed E-state index contributed by atoms with van der Waals surface area (Å²) in [7, 11) is -2.49. The number of nitrogens with zero attached hydrogens (tertiary/aromatic N) is 1. The molecule has 1 heterocycles. The lowest BCUT2D eigenvalue weighted by atomic mass is 10.1. The van der Waals surface area contributed by atoms with Gasteiger partial charge in [0.1, 0.15) is 5.75 Å². The summed E-state index contributed by atoms with van der Waals surface area (Å²) < 4.78 is 36.6. The fourth-order valence-corrected chi connectivity index (χ4v) is 4.80. The van der Waals surface area contributed by atoms with Crippen LogP contribution in [-0.2, 0) is 14.6 Å². The van der Waals surface area contributed by atoms with E-state index in [0.717, 1.165) is 0 Å². The largest absolute Gasteiger partial charge is 0.497 e. The van der Waals surface area contributed by atoms with Gasteiger partial charge in [0, 0.05) is 32.0 Å². The normalized spacial score (nSPS) is 18.0. The van der Waals surface area contributed by atoms with Crippen LogP contribution in [0.1, 0.15) is 26.7 Å². The van der Waals surface area contributed by atoms with Crippen molar-refractivity contribution in [2.75, 3.05) is 20.2 Å². The number of piperidine rings is 1. The molecular formula is C16H24N2O6S. The quantitative estimate of drug-likeness (QED) is 0.599. The topological polar surface area (TPSA) is 105 Å². The monoisotopic (exact) mass is 372 g/mol. The molecule has 0 saturated carbocycles. The SMILES string of the molecule is COc1ccc(S(=O)(=O)C2(OC(=O)NO)CCN(C(C)C)CC2)cc1. The summed E-state index contributed by atoms with van der Waals surface area (Å²) in [6.45, 7) is 4.97. The maximum atomic E-state index is 13.2. The lowest BCUT2D eigenvalue weighted by molar-refractivity contribution is -0.00342. The van der Waals surface area contributed by atoms with Crippen LogP contribution in [0.3, 0.4) is 0 Å². The van der Waals surface area contributed by atoms with Gasteiger partial charge in [0.05, 0.1) is 12.0 Å². The van der Waals surface area contributed by atoms with Crippen molar-refractivity contribution in [1.29, 1.82) is 0 Å². The molecule has 0 atom stereocenters. The molecule has 0 bridgehead atoms. The highest BCUT2D eigenvalue weighted by Gasteiger charge is 2.50. The third kappa shape index (κ3) is 3.88. The van der Waals surface area contributed by atoms with E-state index in [-0.39, 0.29) is 23.8 Å². The number of hydroxylamine groups is 1. The number of hydrogen-bond donors (Lipinski definition) is 2. The number of ether oxygens (including phenoxy) is 2. The first-order valence-corrected chi connectivity index (χ1v) is 9.50. The summed E-state index contributed by atoms with van der Waals surface area (Å²) in [6.07, 6.45) is -0.949. The molecule has 1 aromatic rings. The number of amides is 1. The van der Waals surface area contributed by atoms with Crippen LogP contribution >= 0.6 is 0 Å². The second kappa shape index (κ2) is 7.59. The van der Waals surface area contributed by atoms with Crippen LogP contribution in [0, 0.1) is 0 Å². The molecule has 1 aromatic carbocycles. The summed E-state index contributed by atoms with van der Waals surface area (Å²) in [4.78, 5) is 12.0. The van der Waals surface area contributed by atoms with Gasteiger partial charge in [-0.3, -0.25) is 5.21 Å². The van der Waals surface area contributed by atoms with Crippen LogP contribution in [0.4, 0.5) is 4.79 Å². The molecule has 0 unspecified atom stereocenters. The number of rotatable bonds is 5. The highest BCUT2D eigenvalue weighted by Crippen LogP contribution is 2.37. The van der Waals surface area contributed by atoms with Crippen LogP contribution < -0.4 is 10.2 Å². The van der Waals surface area contributed by atoms with E-state index in [0.29, 0.717) is 18.8 Å². The Morgan fingerprint density at radius 2 is 1.80 bits per heavy atom. The smallest absolute Gasteiger partial charge is 0.432 e. The van der Waals surface area contributed by atoms with Gasteiger partial charge in [-0.15, -0.1) is 0 Å². The summed E-state index contributed by atoms with van der Waals surface area (Å²) >= 11 is 0. The number of nitrogens with one attached hydrogen (secondary N) is 1. The lowest BCUT2D eigenvalue weighted by Crippen LogP contribution is -2.54. The van der Waals surface area contributed by atoms with E-state index in [2.05, 4.69) is 4.90 Å². The molecule has 2 N–H and O–H groups in total. The van der Waals surface area contributed by atoms with Crippen LogP contribution in [0.5, 0.6) is 5.75 Å². The van der Waals surface area contributed by atoms with E-state index in [1.54, 1.807) is 0 Å². The molecule has 25 heavy (non-hydrogen) atoms. The van der Waals surface area contributed by atoms with E-state index in [9.17, 15) is 13.2 Å². The van der Waals surface area contributed by atoms with E-state index in [1.807, 2.05) is 13.8 Å². The summed E-state index contributed by atoms with van der Waals surface area (Å²) in [6, 6.07) is 6.18. The fraction of sp³-hybridized carbons (Fsp3) is 0.562. The molecular weight excluding hydrogens is 348 g/mol. The number of carbonyl (C=O) groups is 1. The molecule has 8 nitrogen and oxygen atoms in total. The highest BCUT2D eigenvalue weighted by molar-refractivity contribution is 7.92. The number of likely N-dealkylation sites (tertiary alicyclic amines) is 1. The van der Waals surface area contributed by atoms with E-state index < -0.39 is 20.9 Å². The first kappa shape index (κ1) is 19.5. The molecule has 9 heteroatoms. The van der Waals surface area contributed by atoms with E-state index in [4.69, 9.17) is 14.7 Å².